The van der Waals surface area contributed by atoms with Crippen molar-refractivity contribution in [1.82, 2.24) is 0 Å². The number of ether oxygens (including phenoxy) is 3. The van der Waals surface area contributed by atoms with Crippen LogP contribution in [0.4, 0.5) is 0 Å². The van der Waals surface area contributed by atoms with Crippen LogP contribution in [0.1, 0.15) is 258 Å². The number of hydrogen-bond acceptors (Lipinski definition) is 6. The Morgan fingerprint density at radius 3 is 1.06 bits per heavy atom. The largest absolute Gasteiger partial charge is 0.462 e. The molecule has 0 bridgehead atoms. The first-order chi connectivity index (χ1) is 30.5. The van der Waals surface area contributed by atoms with E-state index in [-0.39, 0.29) is 31.1 Å². The summed E-state index contributed by atoms with van der Waals surface area (Å²) in [6.07, 6.45) is 62.1. The van der Waals surface area contributed by atoms with E-state index in [2.05, 4.69) is 81.5 Å². The molecule has 0 aromatic carbocycles. The number of hydrogen-bond donors (Lipinski definition) is 0. The molecule has 0 aliphatic carbocycles. The Morgan fingerprint density at radius 1 is 0.339 bits per heavy atom. The van der Waals surface area contributed by atoms with Crippen LogP contribution in [0.3, 0.4) is 0 Å². The molecular formula is C56H98O6. The highest BCUT2D eigenvalue weighted by molar-refractivity contribution is 5.71. The van der Waals surface area contributed by atoms with Gasteiger partial charge in [0, 0.05) is 19.3 Å². The van der Waals surface area contributed by atoms with Crippen LogP contribution >= 0.6 is 0 Å². The van der Waals surface area contributed by atoms with Crippen LogP contribution in [0, 0.1) is 0 Å². The van der Waals surface area contributed by atoms with Gasteiger partial charge in [0.15, 0.2) is 6.10 Å². The zero-order chi connectivity index (χ0) is 45.1. The van der Waals surface area contributed by atoms with Gasteiger partial charge in [-0.05, 0) is 83.5 Å². The molecule has 0 spiro atoms. The first-order valence-corrected chi connectivity index (χ1v) is 26.3. The zero-order valence-corrected chi connectivity index (χ0v) is 40.9. The monoisotopic (exact) mass is 867 g/mol. The predicted molar refractivity (Wildman–Crippen MR) is 265 cm³/mol. The molecule has 0 amide bonds. The maximum absolute atomic E-state index is 12.8. The van der Waals surface area contributed by atoms with Gasteiger partial charge in [-0.3, -0.25) is 14.4 Å². The second-order valence-corrected chi connectivity index (χ2v) is 17.5. The van der Waals surface area contributed by atoms with Crippen LogP contribution in [0.2, 0.25) is 0 Å². The first-order valence-electron chi connectivity index (χ1n) is 26.3. The van der Waals surface area contributed by atoms with E-state index in [9.17, 15) is 14.4 Å². The lowest BCUT2D eigenvalue weighted by atomic mass is 10.1. The molecule has 0 aliphatic heterocycles. The second kappa shape index (κ2) is 50.8. The van der Waals surface area contributed by atoms with E-state index < -0.39 is 6.10 Å². The van der Waals surface area contributed by atoms with Gasteiger partial charge in [-0.2, -0.15) is 0 Å². The molecule has 0 saturated heterocycles. The van der Waals surface area contributed by atoms with Crippen molar-refractivity contribution in [1.29, 1.82) is 0 Å². The molecule has 0 rings (SSSR count). The van der Waals surface area contributed by atoms with Crippen molar-refractivity contribution < 1.29 is 28.6 Å². The van der Waals surface area contributed by atoms with Crippen molar-refractivity contribution in [2.75, 3.05) is 13.2 Å². The quantitative estimate of drug-likeness (QED) is 0.0199. The van der Waals surface area contributed by atoms with Gasteiger partial charge in [-0.15, -0.1) is 0 Å². The average molecular weight is 867 g/mol. The molecule has 0 saturated carbocycles. The molecule has 62 heavy (non-hydrogen) atoms. The minimum Gasteiger partial charge on any atom is -0.462 e. The lowest BCUT2D eigenvalue weighted by molar-refractivity contribution is -0.167. The summed E-state index contributed by atoms with van der Waals surface area (Å²) in [5, 5.41) is 0. The van der Waals surface area contributed by atoms with E-state index >= 15 is 0 Å². The minimum absolute atomic E-state index is 0.0847. The fraction of sp³-hybridized carbons (Fsp3) is 0.768. The summed E-state index contributed by atoms with van der Waals surface area (Å²) in [6, 6.07) is 0. The van der Waals surface area contributed by atoms with Crippen LogP contribution in [0.25, 0.3) is 0 Å². The average Bonchev–Trinajstić information content (AvgIpc) is 3.27. The van der Waals surface area contributed by atoms with E-state index in [1.54, 1.807) is 0 Å². The SMILES string of the molecule is CC\C=C/C=C\C=C/CCCCCCCCCC(=O)OC(COC(=O)CCCCCC/C=C\CCCC)COC(=O)CCCCCCCCC/C=C\CCCCCCCCCC. The third kappa shape index (κ3) is 48.1. The van der Waals surface area contributed by atoms with E-state index in [0.717, 1.165) is 89.9 Å². The summed E-state index contributed by atoms with van der Waals surface area (Å²) in [7, 11) is 0. The van der Waals surface area contributed by atoms with Crippen molar-refractivity contribution in [3.05, 3.63) is 60.8 Å². The standard InChI is InChI=1S/C56H98O6/c1-4-7-10-13-16-19-22-24-26-27-28-29-31-32-34-37-40-43-46-49-55(58)61-52-53(51-60-54(57)48-45-42-39-36-21-18-15-12-9-6-3)62-56(59)50-47-44-41-38-35-33-30-25-23-20-17-14-11-8-5-2/h8,11,14-15,17-18,20,23,27-28,53H,4-7,9-10,12-13,16,19,21-22,24-26,29-52H2,1-3H3/b11-8-,17-14-,18-15-,23-20-,28-27-. The molecule has 0 heterocycles. The first kappa shape index (κ1) is 59.1. The number of carbonyl (C=O) groups is 3. The highest BCUT2D eigenvalue weighted by Gasteiger charge is 2.19. The number of unbranched alkanes of at least 4 members (excludes halogenated alkanes) is 28. The van der Waals surface area contributed by atoms with Crippen molar-refractivity contribution in [2.24, 2.45) is 0 Å². The fourth-order valence-corrected chi connectivity index (χ4v) is 7.30. The molecule has 358 valence electrons. The Bertz CT molecular complexity index is 1130. The number of allylic oxidation sites excluding steroid dienone is 10. The van der Waals surface area contributed by atoms with Gasteiger partial charge in [-0.1, -0.05) is 216 Å². The molecular weight excluding hydrogens is 769 g/mol. The number of esters is 3. The third-order valence-electron chi connectivity index (χ3n) is 11.3. The molecule has 0 N–H and O–H groups in total. The van der Waals surface area contributed by atoms with Crippen molar-refractivity contribution in [2.45, 2.75) is 264 Å². The van der Waals surface area contributed by atoms with Gasteiger partial charge in [0.05, 0.1) is 0 Å². The normalized spacial score (nSPS) is 12.5. The molecule has 6 heteroatoms. The highest BCUT2D eigenvalue weighted by Crippen LogP contribution is 2.15. The molecule has 1 unspecified atom stereocenters. The smallest absolute Gasteiger partial charge is 0.306 e. The lowest BCUT2D eigenvalue weighted by Crippen LogP contribution is -2.30. The van der Waals surface area contributed by atoms with E-state index in [1.807, 2.05) is 0 Å². The second-order valence-electron chi connectivity index (χ2n) is 17.5. The van der Waals surface area contributed by atoms with Gasteiger partial charge in [0.1, 0.15) is 13.2 Å². The Morgan fingerprint density at radius 2 is 0.661 bits per heavy atom. The third-order valence-corrected chi connectivity index (χ3v) is 11.3. The maximum Gasteiger partial charge on any atom is 0.306 e. The maximum atomic E-state index is 12.8. The van der Waals surface area contributed by atoms with Gasteiger partial charge in [0.2, 0.25) is 0 Å². The van der Waals surface area contributed by atoms with Gasteiger partial charge < -0.3 is 14.2 Å². The van der Waals surface area contributed by atoms with Crippen LogP contribution in [0.5, 0.6) is 0 Å². The summed E-state index contributed by atoms with van der Waals surface area (Å²) >= 11 is 0. The molecule has 0 radical (unpaired) electrons. The Kier molecular flexibility index (Phi) is 48.4. The van der Waals surface area contributed by atoms with E-state index in [1.165, 1.54) is 128 Å². The minimum atomic E-state index is -0.785. The van der Waals surface area contributed by atoms with Crippen LogP contribution in [0.15, 0.2) is 60.8 Å². The predicted octanol–water partition coefficient (Wildman–Crippen LogP) is 17.3. The van der Waals surface area contributed by atoms with Crippen LogP contribution in [-0.4, -0.2) is 37.2 Å². The molecule has 0 aromatic heterocycles. The number of carbonyl (C=O) groups excluding carboxylic acids is 3. The zero-order valence-electron chi connectivity index (χ0n) is 40.9. The van der Waals surface area contributed by atoms with Crippen molar-refractivity contribution in [3.63, 3.8) is 0 Å². The van der Waals surface area contributed by atoms with Crippen molar-refractivity contribution >= 4 is 17.9 Å². The van der Waals surface area contributed by atoms with Gasteiger partial charge >= 0.3 is 17.9 Å². The summed E-state index contributed by atoms with van der Waals surface area (Å²) in [4.78, 5) is 37.9. The Hall–Kier alpha value is -2.89. The lowest BCUT2D eigenvalue weighted by Gasteiger charge is -2.18. The molecule has 0 aliphatic rings. The fourth-order valence-electron chi connectivity index (χ4n) is 7.30. The van der Waals surface area contributed by atoms with E-state index in [0.29, 0.717) is 19.3 Å². The topological polar surface area (TPSA) is 78.9 Å². The Balaban J connectivity index is 4.33. The summed E-state index contributed by atoms with van der Waals surface area (Å²) in [6.45, 7) is 6.45. The van der Waals surface area contributed by atoms with Gasteiger partial charge in [-0.25, -0.2) is 0 Å². The van der Waals surface area contributed by atoms with Gasteiger partial charge in [0.25, 0.3) is 0 Å². The summed E-state index contributed by atoms with van der Waals surface area (Å²) in [5.74, 6) is -0.911. The highest BCUT2D eigenvalue weighted by atomic mass is 16.6. The van der Waals surface area contributed by atoms with Crippen molar-refractivity contribution in [3.8, 4) is 0 Å². The van der Waals surface area contributed by atoms with E-state index in [4.69, 9.17) is 14.2 Å². The Labute approximate surface area is 383 Å². The van der Waals surface area contributed by atoms with Crippen LogP contribution in [-0.2, 0) is 28.6 Å². The summed E-state index contributed by atoms with van der Waals surface area (Å²) in [5.41, 5.74) is 0. The molecule has 6 nitrogen and oxygen atoms in total. The molecule has 0 fully saturated rings. The summed E-state index contributed by atoms with van der Waals surface area (Å²) < 4.78 is 16.8. The molecule has 1 atom stereocenters. The molecule has 0 aromatic rings. The van der Waals surface area contributed by atoms with Crippen LogP contribution < -0.4 is 0 Å². The number of rotatable bonds is 47.